The van der Waals surface area contributed by atoms with Crippen molar-refractivity contribution in [3.05, 3.63) is 75.5 Å². The minimum Gasteiger partial charge on any atom is -0.459 e. The third-order valence-electron chi connectivity index (χ3n) is 6.30. The fourth-order valence-corrected chi connectivity index (χ4v) is 4.81. The lowest BCUT2D eigenvalue weighted by atomic mass is 9.93. The Morgan fingerprint density at radius 1 is 1.12 bits per heavy atom. The van der Waals surface area contributed by atoms with Crippen molar-refractivity contribution in [3.8, 4) is 0 Å². The summed E-state index contributed by atoms with van der Waals surface area (Å²) in [6.07, 6.45) is 4.81. The van der Waals surface area contributed by atoms with Crippen molar-refractivity contribution in [2.75, 3.05) is 5.32 Å². The molecule has 5 rings (SSSR count). The Bertz CT molecular complexity index is 1240. The first kappa shape index (κ1) is 20.2. The van der Waals surface area contributed by atoms with Gasteiger partial charge in [0.25, 0.3) is 5.69 Å². The van der Waals surface area contributed by atoms with Crippen LogP contribution in [0.15, 0.2) is 59.8 Å². The van der Waals surface area contributed by atoms with Gasteiger partial charge in [-0.05, 0) is 50.8 Å². The number of ether oxygens (including phenoxy) is 1. The molecule has 2 aliphatic rings. The third-order valence-corrected chi connectivity index (χ3v) is 6.30. The standard InChI is InChI=1S/C24H24N4O4/c1-15-21(23(29)32-16-9-3-2-4-10-16)22(17-11-5-7-13-19(17)28(30)31)27-20-14-8-6-12-18(20)26-24(27)25-15/h5-8,11-14,16,22H,2-4,9-10H2,1H3,(H,25,26)/t22-/m1/s1. The maximum atomic E-state index is 13.5. The van der Waals surface area contributed by atoms with Gasteiger partial charge in [0.15, 0.2) is 0 Å². The van der Waals surface area contributed by atoms with Gasteiger partial charge in [0.1, 0.15) is 12.1 Å². The summed E-state index contributed by atoms with van der Waals surface area (Å²) in [6, 6.07) is 13.4. The second-order valence-electron chi connectivity index (χ2n) is 8.34. The molecule has 8 nitrogen and oxygen atoms in total. The van der Waals surface area contributed by atoms with Crippen molar-refractivity contribution in [2.45, 2.75) is 51.2 Å². The Labute approximate surface area is 185 Å². The molecule has 1 fully saturated rings. The lowest BCUT2D eigenvalue weighted by Gasteiger charge is -2.31. The van der Waals surface area contributed by atoms with Crippen LogP contribution in [0.1, 0.15) is 50.6 Å². The van der Waals surface area contributed by atoms with E-state index in [0.29, 0.717) is 22.8 Å². The number of imidazole rings is 1. The second kappa shape index (κ2) is 8.11. The van der Waals surface area contributed by atoms with Gasteiger partial charge in [-0.15, -0.1) is 0 Å². The maximum absolute atomic E-state index is 13.5. The number of rotatable bonds is 4. The molecule has 1 atom stereocenters. The number of carbonyl (C=O) groups is 1. The highest BCUT2D eigenvalue weighted by Crippen LogP contribution is 2.42. The summed E-state index contributed by atoms with van der Waals surface area (Å²) in [4.78, 5) is 29.6. The predicted molar refractivity (Wildman–Crippen MR) is 120 cm³/mol. The van der Waals surface area contributed by atoms with E-state index in [1.165, 1.54) is 6.07 Å². The number of nitrogens with zero attached hydrogens (tertiary/aromatic N) is 3. The Kier molecular flexibility index (Phi) is 5.13. The quantitative estimate of drug-likeness (QED) is 0.349. The highest BCUT2D eigenvalue weighted by molar-refractivity contribution is 5.94. The fraction of sp³-hybridized carbons (Fsp3) is 0.333. The topological polar surface area (TPSA) is 99.3 Å². The van der Waals surface area contributed by atoms with Gasteiger partial charge < -0.3 is 10.1 Å². The Balaban J connectivity index is 1.68. The number of benzene rings is 2. The van der Waals surface area contributed by atoms with E-state index < -0.39 is 16.9 Å². The van der Waals surface area contributed by atoms with Gasteiger partial charge in [0.2, 0.25) is 5.95 Å². The highest BCUT2D eigenvalue weighted by Gasteiger charge is 2.38. The molecule has 1 aliphatic heterocycles. The number of para-hydroxylation sites is 3. The SMILES string of the molecule is CC1=C(C(=O)OC2CCCCC2)[C@@H](c2ccccc2[N+](=O)[O-])n2c(nc3ccccc32)N1. The largest absolute Gasteiger partial charge is 0.459 e. The molecule has 32 heavy (non-hydrogen) atoms. The number of carbonyl (C=O) groups excluding carboxylic acids is 1. The van der Waals surface area contributed by atoms with E-state index in [9.17, 15) is 14.9 Å². The monoisotopic (exact) mass is 432 g/mol. The van der Waals surface area contributed by atoms with E-state index in [0.717, 1.165) is 43.1 Å². The zero-order valence-electron chi connectivity index (χ0n) is 17.8. The first-order valence-electron chi connectivity index (χ1n) is 10.9. The number of esters is 1. The van der Waals surface area contributed by atoms with Gasteiger partial charge in [-0.25, -0.2) is 9.78 Å². The summed E-state index contributed by atoms with van der Waals surface area (Å²) in [7, 11) is 0. The van der Waals surface area contributed by atoms with Crippen LogP contribution in [0.25, 0.3) is 11.0 Å². The molecule has 1 N–H and O–H groups in total. The first-order chi connectivity index (χ1) is 15.5. The predicted octanol–water partition coefficient (Wildman–Crippen LogP) is 5.11. The molecule has 2 heterocycles. The van der Waals surface area contributed by atoms with Crippen LogP contribution in [0.3, 0.4) is 0 Å². The number of hydrogen-bond acceptors (Lipinski definition) is 6. The Hall–Kier alpha value is -3.68. The molecule has 164 valence electrons. The number of allylic oxidation sites excluding steroid dienone is 1. The van der Waals surface area contributed by atoms with E-state index in [2.05, 4.69) is 10.3 Å². The van der Waals surface area contributed by atoms with Crippen LogP contribution in [-0.2, 0) is 9.53 Å². The molecule has 3 aromatic rings. The minimum atomic E-state index is -0.726. The smallest absolute Gasteiger partial charge is 0.338 e. The second-order valence-corrected chi connectivity index (χ2v) is 8.34. The van der Waals surface area contributed by atoms with Crippen LogP contribution in [-0.4, -0.2) is 26.5 Å². The van der Waals surface area contributed by atoms with E-state index in [1.807, 2.05) is 28.8 Å². The summed E-state index contributed by atoms with van der Waals surface area (Å²) in [5.74, 6) is 0.106. The number of nitro groups is 1. The van der Waals surface area contributed by atoms with E-state index in [4.69, 9.17) is 4.74 Å². The maximum Gasteiger partial charge on any atom is 0.338 e. The third kappa shape index (κ3) is 3.41. The van der Waals surface area contributed by atoms with Crippen molar-refractivity contribution in [1.29, 1.82) is 0 Å². The molecule has 0 radical (unpaired) electrons. The van der Waals surface area contributed by atoms with Crippen LogP contribution >= 0.6 is 0 Å². The molecule has 1 aromatic heterocycles. The Morgan fingerprint density at radius 3 is 2.62 bits per heavy atom. The lowest BCUT2D eigenvalue weighted by Crippen LogP contribution is -2.31. The van der Waals surface area contributed by atoms with Crippen LogP contribution in [0.4, 0.5) is 11.6 Å². The number of hydrogen-bond donors (Lipinski definition) is 1. The number of fused-ring (bicyclic) bond motifs is 3. The van der Waals surface area contributed by atoms with Crippen molar-refractivity contribution in [1.82, 2.24) is 9.55 Å². The van der Waals surface area contributed by atoms with E-state index in [-0.39, 0.29) is 11.8 Å². The highest BCUT2D eigenvalue weighted by atomic mass is 16.6. The van der Waals surface area contributed by atoms with Crippen molar-refractivity contribution < 1.29 is 14.5 Å². The van der Waals surface area contributed by atoms with Gasteiger partial charge in [0.05, 0.1) is 27.1 Å². The summed E-state index contributed by atoms with van der Waals surface area (Å²) < 4.78 is 7.78. The molecular formula is C24H24N4O4. The van der Waals surface area contributed by atoms with Crippen LogP contribution in [0, 0.1) is 10.1 Å². The number of nitrogens with one attached hydrogen (secondary N) is 1. The van der Waals surface area contributed by atoms with Gasteiger partial charge in [0, 0.05) is 11.8 Å². The fourth-order valence-electron chi connectivity index (χ4n) is 4.81. The molecule has 0 spiro atoms. The zero-order valence-corrected chi connectivity index (χ0v) is 17.8. The number of nitro benzene ring substituents is 1. The summed E-state index contributed by atoms with van der Waals surface area (Å²) in [6.45, 7) is 1.79. The van der Waals surface area contributed by atoms with Crippen molar-refractivity contribution in [3.63, 3.8) is 0 Å². The zero-order chi connectivity index (χ0) is 22.2. The van der Waals surface area contributed by atoms with Crippen molar-refractivity contribution in [2.24, 2.45) is 0 Å². The average Bonchev–Trinajstić information content (AvgIpc) is 3.16. The van der Waals surface area contributed by atoms with Crippen LogP contribution in [0.5, 0.6) is 0 Å². The van der Waals surface area contributed by atoms with Crippen LogP contribution in [0.2, 0.25) is 0 Å². The molecule has 8 heteroatoms. The van der Waals surface area contributed by atoms with Crippen molar-refractivity contribution >= 4 is 28.6 Å². The van der Waals surface area contributed by atoms with Gasteiger partial charge >= 0.3 is 5.97 Å². The van der Waals surface area contributed by atoms with E-state index >= 15 is 0 Å². The van der Waals surface area contributed by atoms with Gasteiger partial charge in [-0.1, -0.05) is 30.7 Å². The molecule has 0 unspecified atom stereocenters. The van der Waals surface area contributed by atoms with Gasteiger partial charge in [-0.2, -0.15) is 0 Å². The first-order valence-corrected chi connectivity index (χ1v) is 10.9. The molecular weight excluding hydrogens is 408 g/mol. The minimum absolute atomic E-state index is 0.0427. The van der Waals surface area contributed by atoms with E-state index in [1.54, 1.807) is 25.1 Å². The number of aromatic nitrogens is 2. The summed E-state index contributed by atoms with van der Waals surface area (Å²) in [5.41, 5.74) is 2.89. The molecule has 1 saturated carbocycles. The summed E-state index contributed by atoms with van der Waals surface area (Å²) in [5, 5.41) is 15.1. The average molecular weight is 432 g/mol. The molecule has 1 aliphatic carbocycles. The lowest BCUT2D eigenvalue weighted by molar-refractivity contribution is -0.385. The molecule has 0 saturated heterocycles. The molecule has 0 bridgehead atoms. The normalized spacial score (nSPS) is 18.8. The molecule has 2 aromatic carbocycles. The summed E-state index contributed by atoms with van der Waals surface area (Å²) >= 11 is 0. The van der Waals surface area contributed by atoms with Crippen LogP contribution < -0.4 is 5.32 Å². The Morgan fingerprint density at radius 2 is 1.84 bits per heavy atom. The molecule has 0 amide bonds. The van der Waals surface area contributed by atoms with Gasteiger partial charge in [-0.3, -0.25) is 14.7 Å². The number of anilines is 1.